The summed E-state index contributed by atoms with van der Waals surface area (Å²) >= 11 is 0. The van der Waals surface area contributed by atoms with Crippen molar-refractivity contribution < 1.29 is 0 Å². The van der Waals surface area contributed by atoms with E-state index in [1.807, 2.05) is 0 Å². The molecule has 0 aromatic rings. The van der Waals surface area contributed by atoms with Crippen molar-refractivity contribution in [3.63, 3.8) is 0 Å². The Kier molecular flexibility index (Phi) is 1.20. The van der Waals surface area contributed by atoms with Crippen molar-refractivity contribution in [2.24, 2.45) is 0 Å². The Bertz CT molecular complexity index is 312. The highest BCUT2D eigenvalue weighted by molar-refractivity contribution is 5.56. The second-order valence-electron chi connectivity index (χ2n) is 3.72. The van der Waals surface area contributed by atoms with Crippen LogP contribution in [0.2, 0.25) is 0 Å². The van der Waals surface area contributed by atoms with Gasteiger partial charge in [0, 0.05) is 0 Å². The molecule has 0 spiro atoms. The highest BCUT2D eigenvalue weighted by Crippen LogP contribution is 2.41. The molecule has 3 aliphatic rings. The van der Waals surface area contributed by atoms with Crippen LogP contribution in [0.3, 0.4) is 0 Å². The minimum absolute atomic E-state index is 1.19. The van der Waals surface area contributed by atoms with E-state index in [-0.39, 0.29) is 0 Å². The Morgan fingerprint density at radius 3 is 1.75 bits per heavy atom. The fraction of sp³-hybridized carbons (Fsp3) is 0.333. The van der Waals surface area contributed by atoms with Crippen LogP contribution >= 0.6 is 0 Å². The van der Waals surface area contributed by atoms with E-state index in [0.717, 1.165) is 0 Å². The molecule has 0 saturated heterocycles. The monoisotopic (exact) mass is 156 g/mol. The second kappa shape index (κ2) is 2.22. The minimum Gasteiger partial charge on any atom is -0.0798 e. The van der Waals surface area contributed by atoms with Crippen molar-refractivity contribution in [3.8, 4) is 0 Å². The molecule has 60 valence electrons. The lowest BCUT2D eigenvalue weighted by molar-refractivity contribution is 0.910. The molecule has 3 rings (SSSR count). The molecule has 0 N–H and O–H groups in total. The standard InChI is InChI=1S/C12H12/c1-3-9-7-8-10-4-2-6-12(10)11(9)5-1/h1-4H,5-8H2. The molecule has 0 aliphatic heterocycles. The van der Waals surface area contributed by atoms with E-state index in [1.165, 1.54) is 25.7 Å². The third-order valence-corrected chi connectivity index (χ3v) is 3.09. The molecule has 0 aromatic heterocycles. The molecule has 12 heavy (non-hydrogen) atoms. The van der Waals surface area contributed by atoms with Crippen LogP contribution in [0.1, 0.15) is 25.7 Å². The normalized spacial score (nSPS) is 25.3. The Hall–Kier alpha value is -1.04. The van der Waals surface area contributed by atoms with Gasteiger partial charge >= 0.3 is 0 Å². The van der Waals surface area contributed by atoms with Gasteiger partial charge in [-0.3, -0.25) is 0 Å². The van der Waals surface area contributed by atoms with Crippen molar-refractivity contribution in [2.45, 2.75) is 25.7 Å². The van der Waals surface area contributed by atoms with Crippen LogP contribution in [0, 0.1) is 0 Å². The van der Waals surface area contributed by atoms with Gasteiger partial charge in [0.2, 0.25) is 0 Å². The van der Waals surface area contributed by atoms with Gasteiger partial charge in [-0.2, -0.15) is 0 Å². The predicted octanol–water partition coefficient (Wildman–Crippen LogP) is 3.29. The average Bonchev–Trinajstić information content (AvgIpc) is 2.71. The summed E-state index contributed by atoms with van der Waals surface area (Å²) in [7, 11) is 0. The van der Waals surface area contributed by atoms with Gasteiger partial charge in [-0.15, -0.1) is 0 Å². The summed E-state index contributed by atoms with van der Waals surface area (Å²) in [6.45, 7) is 0. The van der Waals surface area contributed by atoms with Crippen molar-refractivity contribution >= 4 is 0 Å². The molecule has 0 aromatic carbocycles. The first-order valence-electron chi connectivity index (χ1n) is 4.72. The fourth-order valence-corrected chi connectivity index (χ4v) is 2.47. The number of hydrogen-bond donors (Lipinski definition) is 0. The highest BCUT2D eigenvalue weighted by Gasteiger charge is 2.22. The molecule has 0 saturated carbocycles. The van der Waals surface area contributed by atoms with Crippen LogP contribution in [-0.2, 0) is 0 Å². The van der Waals surface area contributed by atoms with Gasteiger partial charge < -0.3 is 0 Å². The fourth-order valence-electron chi connectivity index (χ4n) is 2.47. The van der Waals surface area contributed by atoms with Crippen molar-refractivity contribution in [2.75, 3.05) is 0 Å². The molecule has 0 heteroatoms. The zero-order valence-corrected chi connectivity index (χ0v) is 7.14. The topological polar surface area (TPSA) is 0 Å². The molecule has 0 heterocycles. The summed E-state index contributed by atoms with van der Waals surface area (Å²) in [5.41, 5.74) is 6.50. The van der Waals surface area contributed by atoms with Crippen molar-refractivity contribution in [3.05, 3.63) is 46.6 Å². The lowest BCUT2D eigenvalue weighted by Gasteiger charge is -2.17. The summed E-state index contributed by atoms with van der Waals surface area (Å²) < 4.78 is 0. The summed E-state index contributed by atoms with van der Waals surface area (Å²) in [5, 5.41) is 0. The largest absolute Gasteiger partial charge is 0.0798 e. The van der Waals surface area contributed by atoms with E-state index in [2.05, 4.69) is 24.3 Å². The van der Waals surface area contributed by atoms with Crippen molar-refractivity contribution in [1.29, 1.82) is 0 Å². The first-order chi connectivity index (χ1) is 5.95. The van der Waals surface area contributed by atoms with E-state index < -0.39 is 0 Å². The summed E-state index contributed by atoms with van der Waals surface area (Å²) in [6.07, 6.45) is 14.2. The lowest BCUT2D eigenvalue weighted by Crippen LogP contribution is -1.98. The molecule has 0 radical (unpaired) electrons. The molecule has 0 nitrogen and oxygen atoms in total. The van der Waals surface area contributed by atoms with Crippen LogP contribution in [0.5, 0.6) is 0 Å². The molecule has 0 amide bonds. The summed E-state index contributed by atoms with van der Waals surface area (Å²) in [6, 6.07) is 0. The van der Waals surface area contributed by atoms with Gasteiger partial charge in [0.25, 0.3) is 0 Å². The summed E-state index contributed by atoms with van der Waals surface area (Å²) in [5.74, 6) is 0. The molecule has 0 unspecified atom stereocenters. The maximum atomic E-state index is 2.32. The predicted molar refractivity (Wildman–Crippen MR) is 50.8 cm³/mol. The number of allylic oxidation sites excluding steroid dienone is 8. The third kappa shape index (κ3) is 0.726. The van der Waals surface area contributed by atoms with Gasteiger partial charge in [-0.25, -0.2) is 0 Å². The summed E-state index contributed by atoms with van der Waals surface area (Å²) in [4.78, 5) is 0. The first kappa shape index (κ1) is 6.47. The van der Waals surface area contributed by atoms with Gasteiger partial charge in [0.1, 0.15) is 0 Å². The van der Waals surface area contributed by atoms with E-state index in [1.54, 1.807) is 22.3 Å². The zero-order chi connectivity index (χ0) is 7.97. The van der Waals surface area contributed by atoms with Crippen LogP contribution in [0.15, 0.2) is 46.6 Å². The van der Waals surface area contributed by atoms with E-state index in [0.29, 0.717) is 0 Å². The van der Waals surface area contributed by atoms with Gasteiger partial charge in [0.05, 0.1) is 0 Å². The SMILES string of the molecule is C1=CC2=C(C1)C1=C(C=CC1)CC2. The van der Waals surface area contributed by atoms with Crippen LogP contribution in [0.25, 0.3) is 0 Å². The average molecular weight is 156 g/mol. The highest BCUT2D eigenvalue weighted by atomic mass is 14.3. The Labute approximate surface area is 73.0 Å². The molecule has 0 atom stereocenters. The Morgan fingerprint density at radius 2 is 1.25 bits per heavy atom. The van der Waals surface area contributed by atoms with Crippen LogP contribution in [0.4, 0.5) is 0 Å². The Morgan fingerprint density at radius 1 is 0.750 bits per heavy atom. The molecule has 3 aliphatic carbocycles. The zero-order valence-electron chi connectivity index (χ0n) is 7.14. The minimum atomic E-state index is 1.19. The van der Waals surface area contributed by atoms with Gasteiger partial charge in [0.15, 0.2) is 0 Å². The Balaban J connectivity index is 2.10. The molecular weight excluding hydrogens is 144 g/mol. The first-order valence-corrected chi connectivity index (χ1v) is 4.72. The van der Waals surface area contributed by atoms with Crippen LogP contribution < -0.4 is 0 Å². The molecular formula is C12H12. The quantitative estimate of drug-likeness (QED) is 0.505. The lowest BCUT2D eigenvalue weighted by atomic mass is 9.88. The molecule has 0 bridgehead atoms. The maximum absolute atomic E-state index is 2.32. The molecule has 0 fully saturated rings. The van der Waals surface area contributed by atoms with Crippen LogP contribution in [-0.4, -0.2) is 0 Å². The van der Waals surface area contributed by atoms with Crippen molar-refractivity contribution in [1.82, 2.24) is 0 Å². The second-order valence-corrected chi connectivity index (χ2v) is 3.72. The number of rotatable bonds is 0. The van der Waals surface area contributed by atoms with Gasteiger partial charge in [-0.1, -0.05) is 24.3 Å². The number of fused-ring (bicyclic) bond motifs is 1. The maximum Gasteiger partial charge on any atom is -0.00885 e. The number of hydrogen-bond acceptors (Lipinski definition) is 0. The van der Waals surface area contributed by atoms with E-state index >= 15 is 0 Å². The van der Waals surface area contributed by atoms with E-state index in [4.69, 9.17) is 0 Å². The van der Waals surface area contributed by atoms with Gasteiger partial charge in [-0.05, 0) is 48.0 Å². The third-order valence-electron chi connectivity index (χ3n) is 3.09. The smallest absolute Gasteiger partial charge is 0.00885 e. The van der Waals surface area contributed by atoms with E-state index in [9.17, 15) is 0 Å².